The van der Waals surface area contributed by atoms with E-state index in [0.717, 1.165) is 19.5 Å². The predicted octanol–water partition coefficient (Wildman–Crippen LogP) is 2.84. The second-order valence-corrected chi connectivity index (χ2v) is 6.55. The summed E-state index contributed by atoms with van der Waals surface area (Å²) in [4.78, 5) is 0. The number of nitrogens with zero attached hydrogens (tertiary/aromatic N) is 3. The Morgan fingerprint density at radius 2 is 2.10 bits per heavy atom. The zero-order valence-corrected chi connectivity index (χ0v) is 12.9. The van der Waals surface area contributed by atoms with E-state index in [2.05, 4.69) is 59.8 Å². The van der Waals surface area contributed by atoms with Crippen LogP contribution in [0, 0.1) is 5.41 Å². The molecule has 1 aliphatic rings. The van der Waals surface area contributed by atoms with Gasteiger partial charge in [-0.3, -0.25) is 4.68 Å². The third-order valence-corrected chi connectivity index (χ3v) is 4.90. The Morgan fingerprint density at radius 1 is 1.29 bits per heavy atom. The normalized spacial score (nSPS) is 23.7. The maximum atomic E-state index is 3.99. The molecule has 4 heteroatoms. The molecule has 0 unspecified atom stereocenters. The molecule has 1 N–H and O–H groups in total. The summed E-state index contributed by atoms with van der Waals surface area (Å²) in [5.41, 5.74) is 1.80. The molecule has 112 valence electrons. The first kappa shape index (κ1) is 14.3. The van der Waals surface area contributed by atoms with E-state index in [1.54, 1.807) is 6.20 Å². The molecule has 2 aromatic rings. The Balaban J connectivity index is 1.46. The van der Waals surface area contributed by atoms with Crippen molar-refractivity contribution in [3.05, 3.63) is 48.3 Å². The summed E-state index contributed by atoms with van der Waals surface area (Å²) in [5, 5.41) is 11.5. The molecule has 0 aliphatic heterocycles. The molecule has 0 bridgehead atoms. The van der Waals surface area contributed by atoms with E-state index in [-0.39, 0.29) is 0 Å². The van der Waals surface area contributed by atoms with Crippen molar-refractivity contribution in [1.29, 1.82) is 0 Å². The van der Waals surface area contributed by atoms with Crippen LogP contribution >= 0.6 is 0 Å². The van der Waals surface area contributed by atoms with Crippen LogP contribution in [0.4, 0.5) is 0 Å². The van der Waals surface area contributed by atoms with E-state index in [4.69, 9.17) is 0 Å². The van der Waals surface area contributed by atoms with Crippen LogP contribution in [0.2, 0.25) is 0 Å². The van der Waals surface area contributed by atoms with Gasteiger partial charge in [0.25, 0.3) is 0 Å². The highest BCUT2D eigenvalue weighted by molar-refractivity contribution is 5.27. The Kier molecular flexibility index (Phi) is 4.06. The quantitative estimate of drug-likeness (QED) is 0.829. The topological polar surface area (TPSA) is 42.7 Å². The smallest absolute Gasteiger partial charge is 0.0692 e. The minimum Gasteiger partial charge on any atom is -0.313 e. The van der Waals surface area contributed by atoms with Crippen LogP contribution in [-0.4, -0.2) is 27.6 Å². The van der Waals surface area contributed by atoms with E-state index >= 15 is 0 Å². The number of hydrogen-bond donors (Lipinski definition) is 1. The number of aryl methyl sites for hydroxylation is 1. The van der Waals surface area contributed by atoms with E-state index in [1.807, 2.05) is 10.9 Å². The second-order valence-electron chi connectivity index (χ2n) is 6.55. The number of benzene rings is 1. The zero-order chi connectivity index (χ0) is 14.7. The van der Waals surface area contributed by atoms with Gasteiger partial charge < -0.3 is 5.32 Å². The summed E-state index contributed by atoms with van der Waals surface area (Å²) in [6.45, 7) is 6.73. The van der Waals surface area contributed by atoms with Crippen molar-refractivity contribution in [3.8, 4) is 0 Å². The third kappa shape index (κ3) is 3.00. The predicted molar refractivity (Wildman–Crippen MR) is 84.0 cm³/mol. The van der Waals surface area contributed by atoms with Crippen LogP contribution in [0.1, 0.15) is 38.2 Å². The highest BCUT2D eigenvalue weighted by Crippen LogP contribution is 2.52. The van der Waals surface area contributed by atoms with Crippen LogP contribution in [0.3, 0.4) is 0 Å². The number of rotatable bonds is 6. The molecule has 2 atom stereocenters. The van der Waals surface area contributed by atoms with Gasteiger partial charge in [0.05, 0.1) is 6.20 Å². The molecule has 0 radical (unpaired) electrons. The first-order valence-corrected chi connectivity index (χ1v) is 7.80. The van der Waals surface area contributed by atoms with Gasteiger partial charge in [0.15, 0.2) is 0 Å². The fraction of sp³-hybridized carbons (Fsp3) is 0.529. The van der Waals surface area contributed by atoms with Crippen molar-refractivity contribution in [2.24, 2.45) is 5.41 Å². The molecule has 3 rings (SSSR count). The van der Waals surface area contributed by atoms with E-state index < -0.39 is 0 Å². The van der Waals surface area contributed by atoms with Gasteiger partial charge >= 0.3 is 0 Å². The molecule has 1 aromatic carbocycles. The fourth-order valence-electron chi connectivity index (χ4n) is 3.39. The first-order valence-electron chi connectivity index (χ1n) is 7.80. The second kappa shape index (κ2) is 5.98. The van der Waals surface area contributed by atoms with Gasteiger partial charge in [0, 0.05) is 18.8 Å². The molecular weight excluding hydrogens is 260 g/mol. The van der Waals surface area contributed by atoms with Gasteiger partial charge in [-0.1, -0.05) is 49.4 Å². The maximum absolute atomic E-state index is 3.99. The monoisotopic (exact) mass is 284 g/mol. The van der Waals surface area contributed by atoms with Crippen molar-refractivity contribution in [3.63, 3.8) is 0 Å². The minimum absolute atomic E-state index is 0.328. The standard InChI is InChI=1S/C17H24N4/c1-17(2)15(14-7-4-3-5-8-14)13-16(17)18-9-6-11-21-12-10-19-20-21/h3-5,7-8,10,12,15-16,18H,6,9,11,13H2,1-2H3/t15-,16+/m0/s1. The molecule has 1 saturated carbocycles. The number of hydrogen-bond acceptors (Lipinski definition) is 3. The van der Waals surface area contributed by atoms with Crippen LogP contribution in [0.15, 0.2) is 42.7 Å². The summed E-state index contributed by atoms with van der Waals surface area (Å²) in [6, 6.07) is 11.5. The molecule has 4 nitrogen and oxygen atoms in total. The van der Waals surface area contributed by atoms with Gasteiger partial charge in [-0.2, -0.15) is 0 Å². The van der Waals surface area contributed by atoms with Gasteiger partial charge in [0.1, 0.15) is 0 Å². The highest BCUT2D eigenvalue weighted by atomic mass is 15.4. The first-order chi connectivity index (χ1) is 10.2. The van der Waals surface area contributed by atoms with E-state index in [0.29, 0.717) is 17.4 Å². The SMILES string of the molecule is CC1(C)[C@H](NCCCn2ccnn2)C[C@H]1c1ccccc1. The summed E-state index contributed by atoms with van der Waals surface area (Å²) in [6.07, 6.45) is 5.97. The van der Waals surface area contributed by atoms with Crippen molar-refractivity contribution in [2.75, 3.05) is 6.54 Å². The summed E-state index contributed by atoms with van der Waals surface area (Å²) < 4.78 is 1.89. The molecule has 21 heavy (non-hydrogen) atoms. The van der Waals surface area contributed by atoms with Gasteiger partial charge in [-0.25, -0.2) is 0 Å². The minimum atomic E-state index is 0.328. The largest absolute Gasteiger partial charge is 0.313 e. The Bertz CT molecular complexity index is 547. The van der Waals surface area contributed by atoms with Crippen molar-refractivity contribution in [2.45, 2.75) is 45.2 Å². The van der Waals surface area contributed by atoms with Crippen LogP contribution < -0.4 is 5.32 Å². The maximum Gasteiger partial charge on any atom is 0.0692 e. The average molecular weight is 284 g/mol. The van der Waals surface area contributed by atoms with Gasteiger partial charge in [0.2, 0.25) is 0 Å². The van der Waals surface area contributed by atoms with Crippen LogP contribution in [0.25, 0.3) is 0 Å². The molecule has 1 aromatic heterocycles. The lowest BCUT2D eigenvalue weighted by Gasteiger charge is -2.53. The summed E-state index contributed by atoms with van der Waals surface area (Å²) >= 11 is 0. The average Bonchev–Trinajstić information content (AvgIpc) is 3.00. The molecule has 0 spiro atoms. The fourth-order valence-corrected chi connectivity index (χ4v) is 3.39. The van der Waals surface area contributed by atoms with Crippen molar-refractivity contribution >= 4 is 0 Å². The third-order valence-electron chi connectivity index (χ3n) is 4.90. The Labute approximate surface area is 126 Å². The highest BCUT2D eigenvalue weighted by Gasteiger charge is 2.47. The summed E-state index contributed by atoms with van der Waals surface area (Å²) in [5.74, 6) is 0.673. The lowest BCUT2D eigenvalue weighted by Crippen LogP contribution is -2.55. The van der Waals surface area contributed by atoms with Gasteiger partial charge in [-0.05, 0) is 36.3 Å². The molecule has 0 amide bonds. The van der Waals surface area contributed by atoms with Crippen molar-refractivity contribution < 1.29 is 0 Å². The Hall–Kier alpha value is -1.68. The molecule has 1 fully saturated rings. The number of aromatic nitrogens is 3. The van der Waals surface area contributed by atoms with Crippen molar-refractivity contribution in [1.82, 2.24) is 20.3 Å². The zero-order valence-electron chi connectivity index (χ0n) is 12.9. The lowest BCUT2D eigenvalue weighted by atomic mass is 9.56. The summed E-state index contributed by atoms with van der Waals surface area (Å²) in [7, 11) is 0. The van der Waals surface area contributed by atoms with Gasteiger partial charge in [-0.15, -0.1) is 5.10 Å². The molecule has 1 heterocycles. The van der Waals surface area contributed by atoms with E-state index in [9.17, 15) is 0 Å². The molecule has 0 saturated heterocycles. The molecule has 1 aliphatic carbocycles. The van der Waals surface area contributed by atoms with Crippen LogP contribution in [0.5, 0.6) is 0 Å². The van der Waals surface area contributed by atoms with E-state index in [1.165, 1.54) is 12.0 Å². The molecular formula is C17H24N4. The lowest BCUT2D eigenvalue weighted by molar-refractivity contribution is 0.0689. The van der Waals surface area contributed by atoms with Crippen LogP contribution in [-0.2, 0) is 6.54 Å². The number of nitrogens with one attached hydrogen (secondary N) is 1. The Morgan fingerprint density at radius 3 is 2.76 bits per heavy atom.